The number of halogens is 1. The van der Waals surface area contributed by atoms with Crippen LogP contribution >= 0.6 is 12.4 Å². The first-order valence-electron chi connectivity index (χ1n) is 10.7. The molecule has 0 atom stereocenters. The third kappa shape index (κ3) is 6.33. The number of nitrogens with one attached hydrogen (secondary N) is 1. The SMILES string of the molecule is Cl.NC1CCN(CCc2ccc(NS(=O)(=O)c3ccc(-c4ccccc4)cc3)cc2)CC1. The van der Waals surface area contributed by atoms with Crippen LogP contribution in [0.4, 0.5) is 5.69 Å². The standard InChI is InChI=1S/C25H29N3O2S.ClH/c26-23-15-18-28(19-16-23)17-14-20-6-10-24(11-7-20)27-31(29,30)25-12-8-22(9-13-25)21-4-2-1-3-5-21;/h1-13,23,27H,14-19,26H2;1H. The molecule has 3 aromatic carbocycles. The van der Waals surface area contributed by atoms with E-state index < -0.39 is 10.0 Å². The molecule has 0 amide bonds. The van der Waals surface area contributed by atoms with Gasteiger partial charge in [0.1, 0.15) is 0 Å². The summed E-state index contributed by atoms with van der Waals surface area (Å²) < 4.78 is 28.2. The van der Waals surface area contributed by atoms with Crippen LogP contribution in [0.3, 0.4) is 0 Å². The molecule has 7 heteroatoms. The van der Waals surface area contributed by atoms with Crippen LogP contribution in [0.5, 0.6) is 0 Å². The van der Waals surface area contributed by atoms with Crippen LogP contribution in [-0.2, 0) is 16.4 Å². The number of anilines is 1. The molecule has 32 heavy (non-hydrogen) atoms. The van der Waals surface area contributed by atoms with E-state index in [0.717, 1.165) is 50.0 Å². The summed E-state index contributed by atoms with van der Waals surface area (Å²) in [6.07, 6.45) is 3.07. The number of hydrogen-bond donors (Lipinski definition) is 2. The molecular weight excluding hydrogens is 442 g/mol. The van der Waals surface area contributed by atoms with E-state index in [-0.39, 0.29) is 17.3 Å². The zero-order valence-electron chi connectivity index (χ0n) is 18.0. The van der Waals surface area contributed by atoms with Crippen LogP contribution in [-0.4, -0.2) is 39.0 Å². The summed E-state index contributed by atoms with van der Waals surface area (Å²) in [6, 6.07) is 24.8. The average Bonchev–Trinajstić information content (AvgIpc) is 2.80. The Morgan fingerprint density at radius 2 is 1.44 bits per heavy atom. The van der Waals surface area contributed by atoms with Crippen molar-refractivity contribution >= 4 is 28.1 Å². The zero-order chi connectivity index (χ0) is 21.7. The van der Waals surface area contributed by atoms with Crippen molar-refractivity contribution in [3.8, 4) is 11.1 Å². The largest absolute Gasteiger partial charge is 0.328 e. The summed E-state index contributed by atoms with van der Waals surface area (Å²) in [5.74, 6) is 0. The molecule has 3 aromatic rings. The lowest BCUT2D eigenvalue weighted by molar-refractivity contribution is 0.215. The molecule has 0 aromatic heterocycles. The van der Waals surface area contributed by atoms with Crippen molar-refractivity contribution in [3.05, 3.63) is 84.4 Å². The maximum absolute atomic E-state index is 12.8. The predicted molar refractivity (Wildman–Crippen MR) is 134 cm³/mol. The van der Waals surface area contributed by atoms with E-state index in [2.05, 4.69) is 9.62 Å². The van der Waals surface area contributed by atoms with Gasteiger partial charge in [-0.05, 0) is 73.3 Å². The normalized spacial score (nSPS) is 15.2. The minimum absolute atomic E-state index is 0. The summed E-state index contributed by atoms with van der Waals surface area (Å²) in [7, 11) is -3.63. The Labute approximate surface area is 197 Å². The van der Waals surface area contributed by atoms with E-state index in [1.807, 2.05) is 66.7 Å². The number of hydrogen-bond acceptors (Lipinski definition) is 4. The van der Waals surface area contributed by atoms with Crippen molar-refractivity contribution in [3.63, 3.8) is 0 Å². The van der Waals surface area contributed by atoms with Crippen molar-refractivity contribution in [2.24, 2.45) is 5.73 Å². The zero-order valence-corrected chi connectivity index (χ0v) is 19.6. The maximum Gasteiger partial charge on any atom is 0.261 e. The quantitative estimate of drug-likeness (QED) is 0.530. The third-order valence-electron chi connectivity index (χ3n) is 5.83. The summed E-state index contributed by atoms with van der Waals surface area (Å²) in [5.41, 5.74) is 9.78. The lowest BCUT2D eigenvalue weighted by Gasteiger charge is -2.29. The van der Waals surface area contributed by atoms with Gasteiger partial charge in [-0.25, -0.2) is 8.42 Å². The molecular formula is C25H30ClN3O2S. The van der Waals surface area contributed by atoms with Gasteiger partial charge in [0.05, 0.1) is 4.90 Å². The number of nitrogens with two attached hydrogens (primary N) is 1. The van der Waals surface area contributed by atoms with Gasteiger partial charge in [0.15, 0.2) is 0 Å². The fourth-order valence-corrected chi connectivity index (χ4v) is 4.93. The molecule has 1 saturated heterocycles. The van der Waals surface area contributed by atoms with Crippen LogP contribution in [0.15, 0.2) is 83.8 Å². The molecule has 0 bridgehead atoms. The Hall–Kier alpha value is -2.38. The van der Waals surface area contributed by atoms with Gasteiger partial charge in [0.2, 0.25) is 0 Å². The second kappa shape index (κ2) is 11.0. The number of nitrogens with zero attached hydrogens (tertiary/aromatic N) is 1. The molecule has 0 unspecified atom stereocenters. The summed E-state index contributed by atoms with van der Waals surface area (Å²) in [6.45, 7) is 3.12. The fraction of sp³-hybridized carbons (Fsp3) is 0.280. The Morgan fingerprint density at radius 1 is 0.844 bits per heavy atom. The second-order valence-corrected chi connectivity index (χ2v) is 9.80. The van der Waals surface area contributed by atoms with Crippen LogP contribution < -0.4 is 10.5 Å². The molecule has 0 aliphatic carbocycles. The molecule has 3 N–H and O–H groups in total. The van der Waals surface area contributed by atoms with Gasteiger partial charge in [-0.15, -0.1) is 12.4 Å². The smallest absolute Gasteiger partial charge is 0.261 e. The summed E-state index contributed by atoms with van der Waals surface area (Å²) >= 11 is 0. The molecule has 1 aliphatic rings. The highest BCUT2D eigenvalue weighted by Gasteiger charge is 2.16. The first kappa shape index (κ1) is 24.3. The van der Waals surface area contributed by atoms with Crippen LogP contribution in [0.2, 0.25) is 0 Å². The van der Waals surface area contributed by atoms with Gasteiger partial charge < -0.3 is 10.6 Å². The summed E-state index contributed by atoms with van der Waals surface area (Å²) in [5, 5.41) is 0. The van der Waals surface area contributed by atoms with Crippen LogP contribution in [0.1, 0.15) is 18.4 Å². The van der Waals surface area contributed by atoms with Gasteiger partial charge in [-0.2, -0.15) is 0 Å². The number of sulfonamides is 1. The van der Waals surface area contributed by atoms with E-state index in [1.165, 1.54) is 5.56 Å². The van der Waals surface area contributed by atoms with Crippen molar-refractivity contribution < 1.29 is 8.42 Å². The van der Waals surface area contributed by atoms with Crippen LogP contribution in [0.25, 0.3) is 11.1 Å². The number of likely N-dealkylation sites (tertiary alicyclic amines) is 1. The Kier molecular flexibility index (Phi) is 8.32. The van der Waals surface area contributed by atoms with Gasteiger partial charge in [0, 0.05) is 18.3 Å². The summed E-state index contributed by atoms with van der Waals surface area (Å²) in [4.78, 5) is 2.69. The Morgan fingerprint density at radius 3 is 2.06 bits per heavy atom. The maximum atomic E-state index is 12.8. The third-order valence-corrected chi connectivity index (χ3v) is 7.22. The minimum atomic E-state index is -3.63. The molecule has 1 heterocycles. The molecule has 170 valence electrons. The van der Waals surface area contributed by atoms with E-state index in [4.69, 9.17) is 5.73 Å². The van der Waals surface area contributed by atoms with E-state index in [1.54, 1.807) is 12.1 Å². The number of piperidine rings is 1. The molecule has 0 spiro atoms. The topological polar surface area (TPSA) is 75.4 Å². The van der Waals surface area contributed by atoms with Gasteiger partial charge in [-0.3, -0.25) is 4.72 Å². The van der Waals surface area contributed by atoms with Crippen molar-refractivity contribution in [1.29, 1.82) is 0 Å². The lowest BCUT2D eigenvalue weighted by atomic mass is 10.1. The lowest BCUT2D eigenvalue weighted by Crippen LogP contribution is -2.40. The predicted octanol–water partition coefficient (Wildman–Crippen LogP) is 4.54. The molecule has 0 saturated carbocycles. The monoisotopic (exact) mass is 471 g/mol. The minimum Gasteiger partial charge on any atom is -0.328 e. The number of benzene rings is 3. The van der Waals surface area contributed by atoms with Crippen molar-refractivity contribution in [2.75, 3.05) is 24.4 Å². The highest BCUT2D eigenvalue weighted by Crippen LogP contribution is 2.23. The van der Waals surface area contributed by atoms with Gasteiger partial charge in [-0.1, -0.05) is 54.6 Å². The molecule has 4 rings (SSSR count). The fourth-order valence-electron chi connectivity index (χ4n) is 3.87. The molecule has 1 fully saturated rings. The molecule has 1 aliphatic heterocycles. The van der Waals surface area contributed by atoms with E-state index in [9.17, 15) is 8.42 Å². The highest BCUT2D eigenvalue weighted by molar-refractivity contribution is 7.92. The highest BCUT2D eigenvalue weighted by atomic mass is 35.5. The molecule has 5 nitrogen and oxygen atoms in total. The number of rotatable bonds is 7. The first-order valence-corrected chi connectivity index (χ1v) is 12.2. The van der Waals surface area contributed by atoms with Gasteiger partial charge >= 0.3 is 0 Å². The second-order valence-electron chi connectivity index (χ2n) is 8.12. The Balaban J connectivity index is 0.00000289. The molecule has 0 radical (unpaired) electrons. The average molecular weight is 472 g/mol. The van der Waals surface area contributed by atoms with Crippen molar-refractivity contribution in [1.82, 2.24) is 4.90 Å². The first-order chi connectivity index (χ1) is 15.0. The van der Waals surface area contributed by atoms with E-state index >= 15 is 0 Å². The van der Waals surface area contributed by atoms with Gasteiger partial charge in [0.25, 0.3) is 10.0 Å². The van der Waals surface area contributed by atoms with E-state index in [0.29, 0.717) is 11.7 Å². The Bertz CT molecular complexity index is 1080. The van der Waals surface area contributed by atoms with Crippen molar-refractivity contribution in [2.45, 2.75) is 30.2 Å². The van der Waals surface area contributed by atoms with Crippen LogP contribution in [0, 0.1) is 0 Å².